The molecule has 10 heterocycles. The van der Waals surface area contributed by atoms with Gasteiger partial charge in [-0.05, 0) is 256 Å². The number of carbonyl (C=O) groups is 8. The van der Waals surface area contributed by atoms with Crippen molar-refractivity contribution in [3.8, 4) is 56.3 Å². The Morgan fingerprint density at radius 2 is 0.803 bits per heavy atom. The van der Waals surface area contributed by atoms with Crippen molar-refractivity contribution in [2.45, 2.75) is 263 Å². The van der Waals surface area contributed by atoms with Crippen LogP contribution in [0.4, 0.5) is 35.3 Å². The van der Waals surface area contributed by atoms with Crippen molar-refractivity contribution in [1.82, 2.24) is 55.5 Å². The highest BCUT2D eigenvalue weighted by Gasteiger charge is 2.47. The van der Waals surface area contributed by atoms with E-state index in [1.54, 1.807) is 24.9 Å². The van der Waals surface area contributed by atoms with Crippen LogP contribution in [0.25, 0.3) is 66.3 Å². The number of likely N-dealkylation sites (tertiary alicyclic amines) is 4. The molecule has 8 aliphatic rings. The van der Waals surface area contributed by atoms with E-state index in [1.165, 1.54) is 48.0 Å². The van der Waals surface area contributed by atoms with Crippen LogP contribution in [0.1, 0.15) is 187 Å². The first-order valence-electron chi connectivity index (χ1n) is 43.5. The molecule has 127 heavy (non-hydrogen) atoms. The van der Waals surface area contributed by atoms with Gasteiger partial charge in [0.1, 0.15) is 59.6 Å². The van der Waals surface area contributed by atoms with Gasteiger partial charge in [0.15, 0.2) is 6.04 Å². The summed E-state index contributed by atoms with van der Waals surface area (Å²) in [6.07, 6.45) is 7.05. The molecule has 0 spiro atoms. The largest absolute Gasteiger partial charge is 0.488 e. The molecular formula is C95H117N13O19. The summed E-state index contributed by atoms with van der Waals surface area (Å²) in [5.74, 6) is 1.46. The highest BCUT2D eigenvalue weighted by molar-refractivity contribution is 6.08. The zero-order chi connectivity index (χ0) is 91.1. The fourth-order valence-electron chi connectivity index (χ4n) is 18.6. The zero-order valence-corrected chi connectivity index (χ0v) is 75.7. The summed E-state index contributed by atoms with van der Waals surface area (Å²) in [5, 5.41) is 20.5. The summed E-state index contributed by atoms with van der Waals surface area (Å²) >= 11 is 0. The van der Waals surface area contributed by atoms with Crippen molar-refractivity contribution >= 4 is 92.6 Å². The standard InChI is InChI=1S/C46H55N7O9.C42H49N5O5.C7H13NO5/c1-23-9-15-37(52(23)43(54)40(25(3)58-5)50-45(56)60-7)35-19-32-31-20-39-33(18-27(31)12-14-34(32)48-35)30-13-11-28(17-29(30)22-62-39)36-21-47-42(49-36)38-16-10-24(2)53(38)44(55)41(26(4)59-6)51-46(57)61-8;1-23-9-15-35(46(23)39(48)51-41(3,4)5)33-19-30-29-20-37-31(18-25(29)12-14-32(30)44-33)28-13-11-26(17-27(28)22-50-37)34-21-43-38(45-34)36-16-10-24(2)47(36)40(49)52-42(6,7)8;1-4(12-2)5(6(9)10)8-7(11)13-3/h11-14,17-18,20-21,23-26,37-38,40-41H,9-10,15-16,19,22H2,1-8H3,(H,47,49)(H,50,56)(H,51,57);11-14,17-18,20-21,23-24,35-36H,9-10,15-16,19,22H2,1-8H3,(H,43,45);4-5H,1-3H3,(H,8,11)(H,9,10)/t23-,24-,25+,26+,37-,38-,40?,41?;23-,24-,35-,36-;4-,5+/m001/s1. The van der Waals surface area contributed by atoms with Gasteiger partial charge in [-0.3, -0.25) is 29.4 Å². The van der Waals surface area contributed by atoms with Crippen LogP contribution in [0.2, 0.25) is 0 Å². The number of imidazole rings is 2. The van der Waals surface area contributed by atoms with Crippen LogP contribution in [0, 0.1) is 0 Å². The van der Waals surface area contributed by atoms with E-state index in [2.05, 4.69) is 123 Å². The lowest BCUT2D eigenvalue weighted by Crippen LogP contribution is -2.57. The Morgan fingerprint density at radius 1 is 0.449 bits per heavy atom. The van der Waals surface area contributed by atoms with Crippen LogP contribution in [0.5, 0.6) is 11.5 Å². The van der Waals surface area contributed by atoms with Crippen LogP contribution >= 0.6 is 0 Å². The van der Waals surface area contributed by atoms with Gasteiger partial charge in [0.05, 0.1) is 99.0 Å². The Balaban J connectivity index is 0.000000182. The van der Waals surface area contributed by atoms with E-state index in [0.717, 1.165) is 175 Å². The number of methoxy groups -OCH3 is 6. The SMILES string of the molecule is COC(=O)NC(C(=O)N1[C@@H](C)CC[C@H]1C1=Nc2ccc3cc4c(cc3c2C1)OCc1cc(-c2cnc([C@@H]3CC[C@H](C)N3C(=O)C(NC(=O)OC)[C@@H](C)OC)[nH]2)ccc1-4)[C@@H](C)OC.COC(=O)N[C@H](C(=O)O)[C@@H](C)OC.C[C@H]1CC[C@@H](C2=Nc3ccc4cc5c(cc4c3C2)OCc2cc(-c3cnc([C@@H]4CC[C@H](C)N4C(=O)OC(C)(C)C)[nH]3)ccc2-5)N1C(=O)OC(C)(C)C. The third-order valence-corrected chi connectivity index (χ3v) is 25.5. The van der Waals surface area contributed by atoms with Gasteiger partial charge in [0, 0.05) is 80.9 Å². The highest BCUT2D eigenvalue weighted by Crippen LogP contribution is 2.49. The molecule has 32 nitrogen and oxygen atoms in total. The van der Waals surface area contributed by atoms with Crippen LogP contribution < -0.4 is 25.4 Å². The maximum absolute atomic E-state index is 14.1. The molecule has 6 aromatic carbocycles. The Morgan fingerprint density at radius 3 is 1.19 bits per heavy atom. The zero-order valence-electron chi connectivity index (χ0n) is 75.7. The normalized spacial score (nSPS) is 21.5. The molecule has 8 aromatic rings. The number of nitrogens with one attached hydrogen (secondary N) is 5. The smallest absolute Gasteiger partial charge is 0.411 e. The number of hydrogen-bond donors (Lipinski definition) is 6. The fourth-order valence-corrected chi connectivity index (χ4v) is 18.6. The van der Waals surface area contributed by atoms with E-state index in [0.29, 0.717) is 38.3 Å². The third-order valence-electron chi connectivity index (χ3n) is 25.5. The van der Waals surface area contributed by atoms with Gasteiger partial charge < -0.3 is 88.2 Å². The monoisotopic (exact) mass is 1740 g/mol. The third kappa shape index (κ3) is 19.0. The van der Waals surface area contributed by atoms with E-state index in [9.17, 15) is 38.4 Å². The van der Waals surface area contributed by atoms with Crippen LogP contribution in [0.3, 0.4) is 0 Å². The van der Waals surface area contributed by atoms with Gasteiger partial charge in [-0.25, -0.2) is 38.7 Å². The molecule has 32 heteroatoms. The van der Waals surface area contributed by atoms with Crippen molar-refractivity contribution in [3.05, 3.63) is 131 Å². The van der Waals surface area contributed by atoms with Crippen LogP contribution in [-0.2, 0) is 78.3 Å². The average molecular weight is 1750 g/mol. The first-order valence-corrected chi connectivity index (χ1v) is 43.5. The number of aliphatic carboxylic acids is 1. The Bertz CT molecular complexity index is 5610. The lowest BCUT2D eigenvalue weighted by molar-refractivity contribution is -0.143. The summed E-state index contributed by atoms with van der Waals surface area (Å²) in [4.78, 5) is 134. The molecule has 2 unspecified atom stereocenters. The number of benzene rings is 6. The number of amides is 7. The number of H-pyrrole nitrogens is 2. The molecule has 4 saturated heterocycles. The van der Waals surface area contributed by atoms with Gasteiger partial charge in [-0.2, -0.15) is 0 Å². The molecule has 2 aromatic heterocycles. The predicted molar refractivity (Wildman–Crippen MR) is 477 cm³/mol. The average Bonchev–Trinajstić information content (AvgIpc) is 1.72. The molecule has 676 valence electrons. The highest BCUT2D eigenvalue weighted by atomic mass is 16.6. The molecule has 0 bridgehead atoms. The molecule has 7 amide bonds. The molecule has 4 fully saturated rings. The molecule has 0 radical (unpaired) electrons. The van der Waals surface area contributed by atoms with Crippen molar-refractivity contribution in [2.75, 3.05) is 42.7 Å². The molecule has 16 rings (SSSR count). The lowest BCUT2D eigenvalue weighted by atomic mass is 9.91. The molecule has 0 aliphatic carbocycles. The number of ether oxygens (including phenoxy) is 10. The van der Waals surface area contributed by atoms with Gasteiger partial charge >= 0.3 is 36.4 Å². The quantitative estimate of drug-likeness (QED) is 0.0435. The van der Waals surface area contributed by atoms with Crippen molar-refractivity contribution in [3.63, 3.8) is 0 Å². The molecular weight excluding hydrogens is 1630 g/mol. The number of hydrogen-bond acceptors (Lipinski definition) is 22. The number of rotatable bonds is 18. The predicted octanol–water partition coefficient (Wildman–Crippen LogP) is 15.9. The van der Waals surface area contributed by atoms with E-state index >= 15 is 0 Å². The minimum Gasteiger partial charge on any atom is -0.488 e. The Hall–Kier alpha value is -12.2. The van der Waals surface area contributed by atoms with Gasteiger partial charge in [0.25, 0.3) is 0 Å². The van der Waals surface area contributed by atoms with Gasteiger partial charge in [-0.15, -0.1) is 0 Å². The van der Waals surface area contributed by atoms with Crippen molar-refractivity contribution < 1.29 is 90.8 Å². The number of carboxylic acids is 1. The first kappa shape index (κ1) is 91.1. The number of fused-ring (bicyclic) bond motifs is 12. The molecule has 0 saturated carbocycles. The molecule has 14 atom stereocenters. The van der Waals surface area contributed by atoms with Gasteiger partial charge in [0.2, 0.25) is 11.8 Å². The lowest BCUT2D eigenvalue weighted by Gasteiger charge is -2.34. The number of aromatic nitrogens is 4. The molecule has 6 N–H and O–H groups in total. The summed E-state index contributed by atoms with van der Waals surface area (Å²) in [7, 11) is 8.07. The second kappa shape index (κ2) is 37.4. The number of aromatic amines is 2. The van der Waals surface area contributed by atoms with E-state index in [4.69, 9.17) is 67.7 Å². The van der Waals surface area contributed by atoms with Crippen molar-refractivity contribution in [1.29, 1.82) is 0 Å². The summed E-state index contributed by atoms with van der Waals surface area (Å²) in [6, 6.07) is 26.2. The number of nitrogens with zero attached hydrogens (tertiary/aromatic N) is 8. The Labute approximate surface area is 738 Å². The topological polar surface area (TPSA) is 380 Å². The summed E-state index contributed by atoms with van der Waals surface area (Å²) in [6.45, 7) is 25.5. The molecule has 8 aliphatic heterocycles. The summed E-state index contributed by atoms with van der Waals surface area (Å²) in [5.41, 5.74) is 15.1. The summed E-state index contributed by atoms with van der Waals surface area (Å²) < 4.78 is 54.0. The second-order valence-corrected chi connectivity index (χ2v) is 36.0. The number of alkyl carbamates (subject to hydrolysis) is 3. The minimum atomic E-state index is -1.17. The number of carbonyl (C=O) groups excluding carboxylic acids is 7. The van der Waals surface area contributed by atoms with E-state index < -0.39 is 71.9 Å². The fraction of sp³-hybridized carbons (Fsp3) is 0.495. The van der Waals surface area contributed by atoms with Crippen LogP contribution in [0.15, 0.2) is 107 Å². The van der Waals surface area contributed by atoms with Crippen LogP contribution in [-0.4, -0.2) is 231 Å². The van der Waals surface area contributed by atoms with E-state index in [-0.39, 0.29) is 72.3 Å². The first-order chi connectivity index (χ1) is 60.5. The van der Waals surface area contributed by atoms with Gasteiger partial charge in [-0.1, -0.05) is 36.4 Å². The minimum absolute atomic E-state index is 0.0448. The maximum Gasteiger partial charge on any atom is 0.411 e. The van der Waals surface area contributed by atoms with Crippen molar-refractivity contribution in [2.24, 2.45) is 9.98 Å². The number of carboxylic acid groups (broad SMARTS) is 1. The second-order valence-electron chi connectivity index (χ2n) is 36.0. The Kier molecular flexibility index (Phi) is 26.8. The maximum atomic E-state index is 14.1. The number of aliphatic imine (C=N–C) groups is 2. The van der Waals surface area contributed by atoms with E-state index in [1.807, 2.05) is 82.4 Å².